The summed E-state index contributed by atoms with van der Waals surface area (Å²) in [5, 5.41) is 2.54. The van der Waals surface area contributed by atoms with Gasteiger partial charge in [-0.1, -0.05) is 6.07 Å². The van der Waals surface area contributed by atoms with E-state index in [1.54, 1.807) is 0 Å². The number of carbonyl (C=O) groups excluding carboxylic acids is 2. The molecule has 0 aliphatic carbocycles. The fraction of sp³-hybridized carbons (Fsp3) is 0.300. The Kier molecular flexibility index (Phi) is 5.48. The van der Waals surface area contributed by atoms with Crippen molar-refractivity contribution >= 4 is 27.5 Å². The quantitative estimate of drug-likeness (QED) is 0.771. The van der Waals surface area contributed by atoms with Crippen molar-refractivity contribution in [2.45, 2.75) is 17.2 Å². The highest BCUT2D eigenvalue weighted by Crippen LogP contribution is 2.34. The number of piperazine rings is 1. The number of anilines is 1. The minimum atomic E-state index is -4.28. The molecular weight excluding hydrogens is 435 g/mol. The average Bonchev–Trinajstić information content (AvgIpc) is 2.74. The maximum atomic E-state index is 14.0. The summed E-state index contributed by atoms with van der Waals surface area (Å²) in [6, 6.07) is 5.99. The first-order valence-electron chi connectivity index (χ1n) is 9.50. The average molecular weight is 453 g/mol. The SMILES string of the molecule is O=C1CC(C(=O)N2CCN(S(=O)(=O)c3cc(F)ccc3F)CC2)c2ccc(F)cc2N1. The van der Waals surface area contributed by atoms with Gasteiger partial charge in [-0.25, -0.2) is 21.6 Å². The van der Waals surface area contributed by atoms with Crippen LogP contribution >= 0.6 is 0 Å². The summed E-state index contributed by atoms with van der Waals surface area (Å²) in [6.45, 7) is -0.189. The topological polar surface area (TPSA) is 86.8 Å². The molecule has 0 saturated carbocycles. The number of nitrogens with one attached hydrogen (secondary N) is 1. The maximum Gasteiger partial charge on any atom is 0.246 e. The van der Waals surface area contributed by atoms with Gasteiger partial charge >= 0.3 is 0 Å². The molecule has 164 valence electrons. The third-order valence-corrected chi connectivity index (χ3v) is 7.33. The van der Waals surface area contributed by atoms with E-state index in [4.69, 9.17) is 0 Å². The van der Waals surface area contributed by atoms with Gasteiger partial charge in [-0.05, 0) is 35.9 Å². The predicted molar refractivity (Wildman–Crippen MR) is 104 cm³/mol. The summed E-state index contributed by atoms with van der Waals surface area (Å²) in [7, 11) is -4.28. The van der Waals surface area contributed by atoms with Crippen LogP contribution in [0.4, 0.5) is 18.9 Å². The van der Waals surface area contributed by atoms with Gasteiger partial charge in [0.25, 0.3) is 0 Å². The highest BCUT2D eigenvalue weighted by atomic mass is 32.2. The van der Waals surface area contributed by atoms with E-state index in [9.17, 15) is 31.2 Å². The molecule has 7 nitrogen and oxygen atoms in total. The fourth-order valence-corrected chi connectivity index (χ4v) is 5.34. The number of nitrogens with zero attached hydrogens (tertiary/aromatic N) is 2. The second-order valence-electron chi connectivity index (χ2n) is 7.34. The highest BCUT2D eigenvalue weighted by Gasteiger charge is 2.37. The molecule has 1 fully saturated rings. The Bertz CT molecular complexity index is 1160. The van der Waals surface area contributed by atoms with Gasteiger partial charge in [-0.3, -0.25) is 9.59 Å². The summed E-state index contributed by atoms with van der Waals surface area (Å²) in [6.07, 6.45) is -0.107. The first-order valence-corrected chi connectivity index (χ1v) is 10.9. The third kappa shape index (κ3) is 4.02. The molecule has 0 bridgehead atoms. The molecule has 0 aromatic heterocycles. The van der Waals surface area contributed by atoms with Crippen molar-refractivity contribution in [3.63, 3.8) is 0 Å². The summed E-state index contributed by atoms with van der Waals surface area (Å²) in [5.74, 6) is -4.09. The van der Waals surface area contributed by atoms with Crippen molar-refractivity contribution in [1.82, 2.24) is 9.21 Å². The molecule has 0 radical (unpaired) electrons. The number of hydrogen-bond donors (Lipinski definition) is 1. The summed E-state index contributed by atoms with van der Waals surface area (Å²) in [5.41, 5.74) is 0.722. The molecule has 2 heterocycles. The van der Waals surface area contributed by atoms with E-state index in [0.717, 1.165) is 22.5 Å². The molecule has 0 spiro atoms. The molecule has 4 rings (SSSR count). The zero-order valence-corrected chi connectivity index (χ0v) is 17.0. The highest BCUT2D eigenvalue weighted by molar-refractivity contribution is 7.89. The van der Waals surface area contributed by atoms with Crippen molar-refractivity contribution in [2.24, 2.45) is 0 Å². The lowest BCUT2D eigenvalue weighted by Crippen LogP contribution is -2.52. The Morgan fingerprint density at radius 2 is 1.61 bits per heavy atom. The van der Waals surface area contributed by atoms with Crippen LogP contribution in [-0.4, -0.2) is 55.6 Å². The van der Waals surface area contributed by atoms with Crippen LogP contribution in [0.5, 0.6) is 0 Å². The minimum Gasteiger partial charge on any atom is -0.340 e. The molecule has 2 aliphatic rings. The zero-order valence-electron chi connectivity index (χ0n) is 16.1. The van der Waals surface area contributed by atoms with Crippen LogP contribution in [0.2, 0.25) is 0 Å². The Hall–Kier alpha value is -2.92. The lowest BCUT2D eigenvalue weighted by Gasteiger charge is -2.36. The van der Waals surface area contributed by atoms with E-state index in [2.05, 4.69) is 5.32 Å². The molecule has 2 aliphatic heterocycles. The van der Waals surface area contributed by atoms with Gasteiger partial charge in [0.2, 0.25) is 21.8 Å². The van der Waals surface area contributed by atoms with Gasteiger partial charge in [0.05, 0.1) is 5.92 Å². The van der Waals surface area contributed by atoms with Crippen molar-refractivity contribution in [3.05, 3.63) is 59.4 Å². The second-order valence-corrected chi connectivity index (χ2v) is 9.25. The Morgan fingerprint density at radius 3 is 2.32 bits per heavy atom. The van der Waals surface area contributed by atoms with Gasteiger partial charge in [0.1, 0.15) is 22.3 Å². The Labute approximate surface area is 176 Å². The number of amides is 2. The van der Waals surface area contributed by atoms with Gasteiger partial charge in [0, 0.05) is 38.3 Å². The molecule has 2 aromatic rings. The zero-order chi connectivity index (χ0) is 22.3. The second kappa shape index (κ2) is 7.97. The number of hydrogen-bond acceptors (Lipinski definition) is 4. The smallest absolute Gasteiger partial charge is 0.246 e. The van der Waals surface area contributed by atoms with E-state index < -0.39 is 44.2 Å². The molecule has 1 N–H and O–H groups in total. The van der Waals surface area contributed by atoms with Gasteiger partial charge in [0.15, 0.2) is 0 Å². The lowest BCUT2D eigenvalue weighted by atomic mass is 9.89. The summed E-state index contributed by atoms with van der Waals surface area (Å²) in [4.78, 5) is 25.7. The number of rotatable bonds is 3. The largest absolute Gasteiger partial charge is 0.340 e. The Balaban J connectivity index is 1.50. The molecular formula is C20H18F3N3O4S. The fourth-order valence-electron chi connectivity index (χ4n) is 3.84. The molecule has 1 saturated heterocycles. The number of halogens is 3. The van der Waals surface area contributed by atoms with E-state index in [1.807, 2.05) is 0 Å². The summed E-state index contributed by atoms with van der Waals surface area (Å²) < 4.78 is 67.3. The normalized spacial score (nSPS) is 19.6. The molecule has 1 atom stereocenters. The van der Waals surface area contributed by atoms with Gasteiger partial charge in [-0.2, -0.15) is 4.31 Å². The standard InChI is InChI=1S/C20H18F3N3O4S/c21-12-1-3-14-15(11-19(27)24-17(14)9-12)20(28)25-5-7-26(8-6-25)31(29,30)18-10-13(22)2-4-16(18)23/h1-4,9-10,15H,5-8,11H2,(H,24,27). The van der Waals surface area contributed by atoms with Crippen LogP contribution in [0.1, 0.15) is 17.9 Å². The number of fused-ring (bicyclic) bond motifs is 1. The Morgan fingerprint density at radius 1 is 0.968 bits per heavy atom. The molecule has 31 heavy (non-hydrogen) atoms. The number of benzene rings is 2. The van der Waals surface area contributed by atoms with Crippen molar-refractivity contribution in [2.75, 3.05) is 31.5 Å². The maximum absolute atomic E-state index is 14.0. The summed E-state index contributed by atoms with van der Waals surface area (Å²) >= 11 is 0. The van der Waals surface area contributed by atoms with E-state index in [1.165, 1.54) is 17.0 Å². The molecule has 2 amide bonds. The van der Waals surface area contributed by atoms with E-state index in [-0.39, 0.29) is 44.2 Å². The van der Waals surface area contributed by atoms with Gasteiger partial charge < -0.3 is 10.2 Å². The lowest BCUT2D eigenvalue weighted by molar-refractivity contribution is -0.136. The van der Waals surface area contributed by atoms with Gasteiger partial charge in [-0.15, -0.1) is 0 Å². The van der Waals surface area contributed by atoms with Crippen LogP contribution in [0.15, 0.2) is 41.3 Å². The van der Waals surface area contributed by atoms with Crippen LogP contribution in [0, 0.1) is 17.5 Å². The third-order valence-electron chi connectivity index (χ3n) is 5.41. The monoisotopic (exact) mass is 453 g/mol. The minimum absolute atomic E-state index is 0.0175. The first kappa shape index (κ1) is 21.3. The van der Waals surface area contributed by atoms with Crippen LogP contribution in [-0.2, 0) is 19.6 Å². The number of carbonyl (C=O) groups is 2. The van der Waals surface area contributed by atoms with Crippen molar-refractivity contribution in [1.29, 1.82) is 0 Å². The van der Waals surface area contributed by atoms with Crippen LogP contribution < -0.4 is 5.32 Å². The first-order chi connectivity index (χ1) is 14.7. The van der Waals surface area contributed by atoms with Crippen LogP contribution in [0.25, 0.3) is 0 Å². The van der Waals surface area contributed by atoms with E-state index in [0.29, 0.717) is 11.6 Å². The predicted octanol–water partition coefficient (Wildman–Crippen LogP) is 2.06. The van der Waals surface area contributed by atoms with E-state index >= 15 is 0 Å². The van der Waals surface area contributed by atoms with Crippen molar-refractivity contribution in [3.8, 4) is 0 Å². The molecule has 1 unspecified atom stereocenters. The van der Waals surface area contributed by atoms with Crippen LogP contribution in [0.3, 0.4) is 0 Å². The molecule has 2 aromatic carbocycles. The molecule has 11 heteroatoms. The number of sulfonamides is 1. The van der Waals surface area contributed by atoms with Crippen molar-refractivity contribution < 1.29 is 31.2 Å².